The van der Waals surface area contributed by atoms with E-state index >= 15 is 0 Å². The first-order valence-corrected chi connectivity index (χ1v) is 8.66. The summed E-state index contributed by atoms with van der Waals surface area (Å²) >= 11 is 0. The van der Waals surface area contributed by atoms with E-state index in [0.29, 0.717) is 13.2 Å². The maximum atomic E-state index is 12.1. The SMILES string of the molecule is CCCCc1ccc2c(c1)c1c(n2C)CCN(C(=O)OCC)C1. The first-order valence-electron chi connectivity index (χ1n) is 8.66. The van der Waals surface area contributed by atoms with E-state index < -0.39 is 0 Å². The normalized spacial score (nSPS) is 14.1. The molecule has 0 aliphatic carbocycles. The molecule has 1 aromatic heterocycles. The Morgan fingerprint density at radius 1 is 1.30 bits per heavy atom. The van der Waals surface area contributed by atoms with Crippen molar-refractivity contribution in [3.8, 4) is 0 Å². The predicted molar refractivity (Wildman–Crippen MR) is 92.7 cm³/mol. The molecule has 1 aliphatic heterocycles. The lowest BCUT2D eigenvalue weighted by Crippen LogP contribution is -2.36. The van der Waals surface area contributed by atoms with Crippen LogP contribution in [0.25, 0.3) is 10.9 Å². The molecule has 2 aromatic rings. The Morgan fingerprint density at radius 2 is 2.13 bits per heavy atom. The van der Waals surface area contributed by atoms with Crippen molar-refractivity contribution < 1.29 is 9.53 Å². The molecule has 124 valence electrons. The second-order valence-corrected chi connectivity index (χ2v) is 6.31. The van der Waals surface area contributed by atoms with Crippen LogP contribution in [0.4, 0.5) is 4.79 Å². The molecule has 1 aromatic carbocycles. The number of rotatable bonds is 4. The van der Waals surface area contributed by atoms with E-state index in [-0.39, 0.29) is 6.09 Å². The summed E-state index contributed by atoms with van der Waals surface area (Å²) in [6.45, 7) is 5.89. The van der Waals surface area contributed by atoms with Crippen molar-refractivity contribution in [1.29, 1.82) is 0 Å². The van der Waals surface area contributed by atoms with Crippen molar-refractivity contribution in [1.82, 2.24) is 9.47 Å². The number of fused-ring (bicyclic) bond motifs is 3. The highest BCUT2D eigenvalue weighted by molar-refractivity contribution is 5.87. The number of aromatic nitrogens is 1. The Labute approximate surface area is 138 Å². The third-order valence-corrected chi connectivity index (χ3v) is 4.81. The van der Waals surface area contributed by atoms with E-state index in [4.69, 9.17) is 4.74 Å². The van der Waals surface area contributed by atoms with Crippen LogP contribution in [-0.4, -0.2) is 28.7 Å². The first kappa shape index (κ1) is 15.9. The quantitative estimate of drug-likeness (QED) is 0.853. The molecule has 0 radical (unpaired) electrons. The summed E-state index contributed by atoms with van der Waals surface area (Å²) in [7, 11) is 2.13. The van der Waals surface area contributed by atoms with Gasteiger partial charge in [-0.15, -0.1) is 0 Å². The average Bonchev–Trinajstić information content (AvgIpc) is 2.85. The summed E-state index contributed by atoms with van der Waals surface area (Å²) in [5, 5.41) is 1.30. The van der Waals surface area contributed by atoms with Crippen LogP contribution in [0.2, 0.25) is 0 Å². The van der Waals surface area contributed by atoms with Crippen molar-refractivity contribution in [3.63, 3.8) is 0 Å². The zero-order valence-corrected chi connectivity index (χ0v) is 14.4. The number of unbranched alkanes of at least 4 members (excludes halogenated alkanes) is 1. The molecular formula is C19H26N2O2. The lowest BCUT2D eigenvalue weighted by Gasteiger charge is -2.27. The summed E-state index contributed by atoms with van der Waals surface area (Å²) in [6, 6.07) is 6.79. The fourth-order valence-electron chi connectivity index (χ4n) is 3.53. The number of amides is 1. The van der Waals surface area contributed by atoms with E-state index in [0.717, 1.165) is 19.4 Å². The molecule has 1 aliphatic rings. The van der Waals surface area contributed by atoms with Crippen molar-refractivity contribution in [3.05, 3.63) is 35.0 Å². The van der Waals surface area contributed by atoms with E-state index in [1.54, 1.807) is 0 Å². The molecule has 4 heteroatoms. The molecule has 0 saturated carbocycles. The van der Waals surface area contributed by atoms with Gasteiger partial charge in [0.1, 0.15) is 0 Å². The molecule has 2 heterocycles. The van der Waals surface area contributed by atoms with Crippen LogP contribution >= 0.6 is 0 Å². The smallest absolute Gasteiger partial charge is 0.410 e. The lowest BCUT2D eigenvalue weighted by molar-refractivity contribution is 0.102. The molecule has 0 N–H and O–H groups in total. The molecule has 0 saturated heterocycles. The highest BCUT2D eigenvalue weighted by atomic mass is 16.6. The van der Waals surface area contributed by atoms with Gasteiger partial charge in [0.15, 0.2) is 0 Å². The lowest BCUT2D eigenvalue weighted by atomic mass is 10.0. The molecular weight excluding hydrogens is 288 g/mol. The van der Waals surface area contributed by atoms with E-state index in [2.05, 4.69) is 36.7 Å². The van der Waals surface area contributed by atoms with Gasteiger partial charge >= 0.3 is 6.09 Å². The Bertz CT molecular complexity index is 718. The Morgan fingerprint density at radius 3 is 2.87 bits per heavy atom. The van der Waals surface area contributed by atoms with Gasteiger partial charge in [-0.3, -0.25) is 0 Å². The van der Waals surface area contributed by atoms with Crippen molar-refractivity contribution in [2.45, 2.75) is 46.1 Å². The molecule has 0 fully saturated rings. The molecule has 4 nitrogen and oxygen atoms in total. The maximum Gasteiger partial charge on any atom is 0.410 e. The monoisotopic (exact) mass is 314 g/mol. The van der Waals surface area contributed by atoms with Crippen LogP contribution in [0.3, 0.4) is 0 Å². The number of aryl methyl sites for hydroxylation is 2. The maximum absolute atomic E-state index is 12.1. The van der Waals surface area contributed by atoms with Crippen LogP contribution in [-0.2, 0) is 31.2 Å². The zero-order valence-electron chi connectivity index (χ0n) is 14.4. The summed E-state index contributed by atoms with van der Waals surface area (Å²) in [5.41, 5.74) is 5.30. The third-order valence-electron chi connectivity index (χ3n) is 4.81. The number of ether oxygens (including phenoxy) is 1. The zero-order chi connectivity index (χ0) is 16.4. The summed E-state index contributed by atoms with van der Waals surface area (Å²) in [5.74, 6) is 0. The highest BCUT2D eigenvalue weighted by Crippen LogP contribution is 2.31. The fourth-order valence-corrected chi connectivity index (χ4v) is 3.53. The van der Waals surface area contributed by atoms with Gasteiger partial charge in [0.2, 0.25) is 0 Å². The first-order chi connectivity index (χ1) is 11.2. The van der Waals surface area contributed by atoms with Crippen LogP contribution in [0.15, 0.2) is 18.2 Å². The highest BCUT2D eigenvalue weighted by Gasteiger charge is 2.26. The number of nitrogens with zero attached hydrogens (tertiary/aromatic N) is 2. The topological polar surface area (TPSA) is 34.5 Å². The number of benzene rings is 1. The molecule has 0 atom stereocenters. The van der Waals surface area contributed by atoms with E-state index in [9.17, 15) is 4.79 Å². The minimum absolute atomic E-state index is 0.197. The number of carbonyl (C=O) groups excluding carboxylic acids is 1. The van der Waals surface area contributed by atoms with Gasteiger partial charge in [0, 0.05) is 42.2 Å². The largest absolute Gasteiger partial charge is 0.450 e. The van der Waals surface area contributed by atoms with Gasteiger partial charge in [0.05, 0.1) is 13.2 Å². The molecule has 0 spiro atoms. The van der Waals surface area contributed by atoms with Crippen LogP contribution in [0.1, 0.15) is 43.5 Å². The Balaban J connectivity index is 1.96. The summed E-state index contributed by atoms with van der Waals surface area (Å²) in [4.78, 5) is 13.9. The van der Waals surface area contributed by atoms with Crippen molar-refractivity contribution in [2.24, 2.45) is 7.05 Å². The van der Waals surface area contributed by atoms with E-state index in [1.165, 1.54) is 40.6 Å². The number of hydrogen-bond donors (Lipinski definition) is 0. The van der Waals surface area contributed by atoms with Crippen molar-refractivity contribution >= 4 is 17.0 Å². The fraction of sp³-hybridized carbons (Fsp3) is 0.526. The number of carbonyl (C=O) groups is 1. The van der Waals surface area contributed by atoms with Crippen LogP contribution < -0.4 is 0 Å². The standard InChI is InChI=1S/C19H26N2O2/c1-4-6-7-14-8-9-17-15(12-14)16-13-21(19(22)23-5-2)11-10-18(16)20(17)3/h8-9,12H,4-7,10-11,13H2,1-3H3. The predicted octanol–water partition coefficient (Wildman–Crippen LogP) is 4.04. The molecule has 0 unspecified atom stereocenters. The summed E-state index contributed by atoms with van der Waals surface area (Å²) in [6.07, 6.45) is 4.25. The second-order valence-electron chi connectivity index (χ2n) is 6.31. The van der Waals surface area contributed by atoms with Crippen LogP contribution in [0, 0.1) is 0 Å². The Kier molecular flexibility index (Phi) is 4.60. The molecule has 23 heavy (non-hydrogen) atoms. The molecule has 0 bridgehead atoms. The van der Waals surface area contributed by atoms with Gasteiger partial charge in [-0.1, -0.05) is 19.4 Å². The van der Waals surface area contributed by atoms with Crippen LogP contribution in [0.5, 0.6) is 0 Å². The molecule has 1 amide bonds. The minimum atomic E-state index is -0.197. The van der Waals surface area contributed by atoms with Gasteiger partial charge in [0.25, 0.3) is 0 Å². The second kappa shape index (κ2) is 6.65. The van der Waals surface area contributed by atoms with Gasteiger partial charge in [-0.05, 0) is 37.5 Å². The summed E-state index contributed by atoms with van der Waals surface area (Å²) < 4.78 is 7.46. The minimum Gasteiger partial charge on any atom is -0.450 e. The third kappa shape index (κ3) is 2.94. The average molecular weight is 314 g/mol. The molecule has 3 rings (SSSR count). The van der Waals surface area contributed by atoms with E-state index in [1.807, 2.05) is 11.8 Å². The number of hydrogen-bond acceptors (Lipinski definition) is 2. The van der Waals surface area contributed by atoms with Gasteiger partial charge in [-0.25, -0.2) is 4.79 Å². The Hall–Kier alpha value is -1.97. The van der Waals surface area contributed by atoms with Crippen molar-refractivity contribution in [2.75, 3.05) is 13.2 Å². The van der Waals surface area contributed by atoms with Gasteiger partial charge in [-0.2, -0.15) is 0 Å². The van der Waals surface area contributed by atoms with Gasteiger partial charge < -0.3 is 14.2 Å².